The van der Waals surface area contributed by atoms with E-state index in [2.05, 4.69) is 48.0 Å². The molecule has 0 aliphatic carbocycles. The number of esters is 2. The summed E-state index contributed by atoms with van der Waals surface area (Å²) >= 11 is 0. The van der Waals surface area contributed by atoms with Crippen molar-refractivity contribution in [3.8, 4) is 0 Å². The molecule has 0 saturated carbocycles. The third-order valence-electron chi connectivity index (χ3n) is 11.0. The standard InChI is InChI=1S/C48H90N2O4/c1-3-5-7-9-11-13-15-17-19-21-23-25-27-29-32-37-47(51)53-45-43-50(42-36-41-49-39-34-31-35-40-49)44-46-54-48(52)38-33-30-28-26-24-22-20-18-16-14-12-10-8-6-4-2/h17-20H,3-16,21-46H2,1-2H3/b19-17-,20-18-. The van der Waals surface area contributed by atoms with Gasteiger partial charge in [-0.3, -0.25) is 14.5 Å². The first-order chi connectivity index (χ1) is 26.7. The van der Waals surface area contributed by atoms with Gasteiger partial charge in [0, 0.05) is 25.9 Å². The van der Waals surface area contributed by atoms with Crippen LogP contribution in [0.3, 0.4) is 0 Å². The molecule has 1 saturated heterocycles. The zero-order chi connectivity index (χ0) is 38.8. The molecule has 1 rings (SSSR count). The number of ether oxygens (including phenoxy) is 2. The summed E-state index contributed by atoms with van der Waals surface area (Å²) in [5.41, 5.74) is 0. The van der Waals surface area contributed by atoms with Crippen molar-refractivity contribution >= 4 is 11.9 Å². The van der Waals surface area contributed by atoms with Crippen molar-refractivity contribution in [1.29, 1.82) is 0 Å². The highest BCUT2D eigenvalue weighted by atomic mass is 16.5. The van der Waals surface area contributed by atoms with Crippen LogP contribution in [0.4, 0.5) is 0 Å². The van der Waals surface area contributed by atoms with Crippen LogP contribution >= 0.6 is 0 Å². The van der Waals surface area contributed by atoms with Gasteiger partial charge in [0.05, 0.1) is 0 Å². The fraction of sp³-hybridized carbons (Fsp3) is 0.875. The monoisotopic (exact) mass is 759 g/mol. The van der Waals surface area contributed by atoms with Crippen molar-refractivity contribution in [2.45, 2.75) is 219 Å². The summed E-state index contributed by atoms with van der Waals surface area (Å²) in [5.74, 6) is -0.153. The number of hydrogen-bond acceptors (Lipinski definition) is 6. The Balaban J connectivity index is 2.12. The lowest BCUT2D eigenvalue weighted by molar-refractivity contribution is -0.144. The molecule has 0 bridgehead atoms. The third-order valence-corrected chi connectivity index (χ3v) is 11.0. The zero-order valence-corrected chi connectivity index (χ0v) is 36.1. The van der Waals surface area contributed by atoms with Crippen LogP contribution in [-0.4, -0.2) is 74.2 Å². The fourth-order valence-electron chi connectivity index (χ4n) is 7.44. The third kappa shape index (κ3) is 36.0. The summed E-state index contributed by atoms with van der Waals surface area (Å²) in [6.45, 7) is 11.2. The normalized spacial score (nSPS) is 13.8. The molecule has 1 aliphatic heterocycles. The summed E-state index contributed by atoms with van der Waals surface area (Å²) < 4.78 is 11.3. The van der Waals surface area contributed by atoms with Gasteiger partial charge in [-0.05, 0) is 110 Å². The van der Waals surface area contributed by atoms with Crippen LogP contribution in [0.15, 0.2) is 24.3 Å². The smallest absolute Gasteiger partial charge is 0.305 e. The minimum Gasteiger partial charge on any atom is -0.464 e. The molecule has 0 radical (unpaired) electrons. The lowest BCUT2D eigenvalue weighted by Crippen LogP contribution is -2.36. The highest BCUT2D eigenvalue weighted by Crippen LogP contribution is 2.13. The van der Waals surface area contributed by atoms with Gasteiger partial charge in [-0.1, -0.05) is 147 Å². The molecule has 0 atom stereocenters. The number of carbonyl (C=O) groups excluding carboxylic acids is 2. The van der Waals surface area contributed by atoms with Crippen molar-refractivity contribution < 1.29 is 19.1 Å². The Morgan fingerprint density at radius 2 is 0.833 bits per heavy atom. The zero-order valence-electron chi connectivity index (χ0n) is 36.1. The van der Waals surface area contributed by atoms with Crippen LogP contribution in [0.1, 0.15) is 219 Å². The molecule has 0 N–H and O–H groups in total. The van der Waals surface area contributed by atoms with E-state index in [4.69, 9.17) is 9.47 Å². The molecule has 1 heterocycles. The first kappa shape index (κ1) is 50.4. The number of unbranched alkanes of at least 4 members (excludes halogenated alkanes) is 22. The maximum Gasteiger partial charge on any atom is 0.305 e. The number of allylic oxidation sites excluding steroid dienone is 4. The highest BCUT2D eigenvalue weighted by molar-refractivity contribution is 5.69. The minimum absolute atomic E-state index is 0.0766. The maximum absolute atomic E-state index is 12.4. The van der Waals surface area contributed by atoms with Gasteiger partial charge in [-0.15, -0.1) is 0 Å². The summed E-state index contributed by atoms with van der Waals surface area (Å²) in [7, 11) is 0. The van der Waals surface area contributed by atoms with E-state index in [1.54, 1.807) is 0 Å². The van der Waals surface area contributed by atoms with Gasteiger partial charge in [0.2, 0.25) is 0 Å². The summed E-state index contributed by atoms with van der Waals surface area (Å²) in [4.78, 5) is 29.8. The Morgan fingerprint density at radius 3 is 1.24 bits per heavy atom. The van der Waals surface area contributed by atoms with Gasteiger partial charge >= 0.3 is 11.9 Å². The minimum atomic E-state index is -0.0766. The van der Waals surface area contributed by atoms with E-state index in [1.165, 1.54) is 174 Å². The molecule has 54 heavy (non-hydrogen) atoms. The van der Waals surface area contributed by atoms with Crippen molar-refractivity contribution in [3.05, 3.63) is 24.3 Å². The quantitative estimate of drug-likeness (QED) is 0.0352. The molecule has 316 valence electrons. The molecular weight excluding hydrogens is 669 g/mol. The Bertz CT molecular complexity index is 811. The predicted octanol–water partition coefficient (Wildman–Crippen LogP) is 13.3. The molecule has 6 nitrogen and oxygen atoms in total. The first-order valence-corrected chi connectivity index (χ1v) is 23.7. The largest absolute Gasteiger partial charge is 0.464 e. The molecule has 1 fully saturated rings. The number of likely N-dealkylation sites (tertiary alicyclic amines) is 1. The van der Waals surface area contributed by atoms with Crippen LogP contribution in [0.25, 0.3) is 0 Å². The summed E-state index contributed by atoms with van der Waals surface area (Å²) in [6.07, 6.45) is 48.2. The van der Waals surface area contributed by atoms with E-state index in [-0.39, 0.29) is 11.9 Å². The van der Waals surface area contributed by atoms with Crippen LogP contribution in [0.5, 0.6) is 0 Å². The van der Waals surface area contributed by atoms with Gasteiger partial charge in [0.15, 0.2) is 0 Å². The molecular formula is C48H90N2O4. The highest BCUT2D eigenvalue weighted by Gasteiger charge is 2.13. The molecule has 0 unspecified atom stereocenters. The Morgan fingerprint density at radius 1 is 0.463 bits per heavy atom. The van der Waals surface area contributed by atoms with E-state index < -0.39 is 0 Å². The average molecular weight is 759 g/mol. The van der Waals surface area contributed by atoms with E-state index in [1.807, 2.05) is 0 Å². The van der Waals surface area contributed by atoms with Crippen molar-refractivity contribution in [1.82, 2.24) is 9.80 Å². The second-order valence-electron chi connectivity index (χ2n) is 16.2. The van der Waals surface area contributed by atoms with E-state index >= 15 is 0 Å². The van der Waals surface area contributed by atoms with E-state index in [0.29, 0.717) is 39.1 Å². The lowest BCUT2D eigenvalue weighted by Gasteiger charge is -2.28. The summed E-state index contributed by atoms with van der Waals surface area (Å²) in [5, 5.41) is 0. The fourth-order valence-corrected chi connectivity index (χ4v) is 7.44. The van der Waals surface area contributed by atoms with E-state index in [9.17, 15) is 9.59 Å². The second kappa shape index (κ2) is 41.0. The van der Waals surface area contributed by atoms with Crippen LogP contribution in [0.2, 0.25) is 0 Å². The lowest BCUT2D eigenvalue weighted by atomic mass is 10.1. The Hall–Kier alpha value is -1.66. The number of nitrogens with zero attached hydrogens (tertiary/aromatic N) is 2. The molecule has 0 amide bonds. The number of hydrogen-bond donors (Lipinski definition) is 0. The topological polar surface area (TPSA) is 59.1 Å². The molecule has 1 aliphatic rings. The molecule has 0 aromatic carbocycles. The number of carbonyl (C=O) groups is 2. The molecule has 0 spiro atoms. The molecule has 0 aromatic rings. The summed E-state index contributed by atoms with van der Waals surface area (Å²) in [6, 6.07) is 0. The van der Waals surface area contributed by atoms with Gasteiger partial charge in [-0.25, -0.2) is 0 Å². The first-order valence-electron chi connectivity index (χ1n) is 23.7. The van der Waals surface area contributed by atoms with E-state index in [0.717, 1.165) is 45.2 Å². The SMILES string of the molecule is CCCCCCCC/C=C\CCCCCCCC(=O)OCCN(CCCN1CCCCC1)CCOC(=O)CCCCCCC/C=C\CCCCCCCC. The van der Waals surface area contributed by atoms with Crippen molar-refractivity contribution in [3.63, 3.8) is 0 Å². The second-order valence-corrected chi connectivity index (χ2v) is 16.2. The van der Waals surface area contributed by atoms with Crippen LogP contribution < -0.4 is 0 Å². The average Bonchev–Trinajstić information content (AvgIpc) is 3.18. The van der Waals surface area contributed by atoms with Gasteiger partial charge < -0.3 is 14.4 Å². The maximum atomic E-state index is 12.4. The molecule has 0 aromatic heterocycles. The van der Waals surface area contributed by atoms with Crippen LogP contribution in [-0.2, 0) is 19.1 Å². The number of rotatable bonds is 40. The molecule has 6 heteroatoms. The van der Waals surface area contributed by atoms with Gasteiger partial charge in [0.1, 0.15) is 13.2 Å². The Labute approximate surface area is 336 Å². The van der Waals surface area contributed by atoms with Gasteiger partial charge in [0.25, 0.3) is 0 Å². The van der Waals surface area contributed by atoms with Crippen LogP contribution in [0, 0.1) is 0 Å². The van der Waals surface area contributed by atoms with Crippen molar-refractivity contribution in [2.24, 2.45) is 0 Å². The number of piperidine rings is 1. The van der Waals surface area contributed by atoms with Crippen molar-refractivity contribution in [2.75, 3.05) is 52.5 Å². The van der Waals surface area contributed by atoms with Gasteiger partial charge in [-0.2, -0.15) is 0 Å². The predicted molar refractivity (Wildman–Crippen MR) is 232 cm³/mol. The Kier molecular flexibility index (Phi) is 38.2.